The van der Waals surface area contributed by atoms with Crippen LogP contribution in [-0.2, 0) is 19.5 Å². The quantitative estimate of drug-likeness (QED) is 0.522. The second-order valence-electron chi connectivity index (χ2n) is 9.18. The summed E-state index contributed by atoms with van der Waals surface area (Å²) in [6, 6.07) is 18.8. The minimum absolute atomic E-state index is 0.0702. The van der Waals surface area contributed by atoms with E-state index in [2.05, 4.69) is 67.0 Å². The first kappa shape index (κ1) is 22.3. The van der Waals surface area contributed by atoms with Gasteiger partial charge in [-0.3, -0.25) is 19.2 Å². The third kappa shape index (κ3) is 4.78. The molecule has 5 heteroatoms. The van der Waals surface area contributed by atoms with Crippen LogP contribution in [0.2, 0.25) is 0 Å². The van der Waals surface area contributed by atoms with Gasteiger partial charge in [0, 0.05) is 24.2 Å². The first-order valence-corrected chi connectivity index (χ1v) is 11.7. The summed E-state index contributed by atoms with van der Waals surface area (Å²) >= 11 is 0. The average molecular weight is 431 g/mol. The van der Waals surface area contributed by atoms with Crippen LogP contribution in [0.1, 0.15) is 49.6 Å². The van der Waals surface area contributed by atoms with Crippen LogP contribution >= 0.6 is 0 Å². The van der Waals surface area contributed by atoms with Gasteiger partial charge in [0.1, 0.15) is 0 Å². The largest absolute Gasteiger partial charge is 0.298 e. The molecule has 2 heterocycles. The van der Waals surface area contributed by atoms with Crippen molar-refractivity contribution >= 4 is 11.6 Å². The molecular weight excluding hydrogens is 396 g/mol. The van der Waals surface area contributed by atoms with Crippen LogP contribution in [0.3, 0.4) is 0 Å². The van der Waals surface area contributed by atoms with Gasteiger partial charge in [-0.15, -0.1) is 0 Å². The van der Waals surface area contributed by atoms with Crippen molar-refractivity contribution in [3.05, 3.63) is 87.3 Å². The standard InChI is InChI=1S/C27H34N4O/c1-5-22-11-13-24(14-12-22)30-18-29(16-15-20(2)3)19-31-26(32)25(21(4)28-27(30)31)17-23-9-7-6-8-10-23/h6-14,20H,5,15-19H2,1-4H3. The van der Waals surface area contributed by atoms with Gasteiger partial charge < -0.3 is 0 Å². The average Bonchev–Trinajstić information content (AvgIpc) is 2.81. The van der Waals surface area contributed by atoms with Crippen molar-refractivity contribution in [1.29, 1.82) is 0 Å². The molecule has 4 rings (SSSR count). The molecule has 0 fully saturated rings. The molecule has 32 heavy (non-hydrogen) atoms. The van der Waals surface area contributed by atoms with Gasteiger partial charge in [0.05, 0.1) is 19.0 Å². The topological polar surface area (TPSA) is 41.4 Å². The first-order chi connectivity index (χ1) is 15.5. The van der Waals surface area contributed by atoms with Crippen LogP contribution in [-0.4, -0.2) is 27.7 Å². The van der Waals surface area contributed by atoms with Crippen LogP contribution < -0.4 is 10.5 Å². The van der Waals surface area contributed by atoms with Gasteiger partial charge in [-0.1, -0.05) is 63.2 Å². The summed E-state index contributed by atoms with van der Waals surface area (Å²) in [7, 11) is 0. The summed E-state index contributed by atoms with van der Waals surface area (Å²) in [5, 5.41) is 0. The van der Waals surface area contributed by atoms with E-state index < -0.39 is 0 Å². The second kappa shape index (κ2) is 9.70. The van der Waals surface area contributed by atoms with E-state index in [1.807, 2.05) is 29.7 Å². The monoisotopic (exact) mass is 430 g/mol. The zero-order chi connectivity index (χ0) is 22.7. The van der Waals surface area contributed by atoms with Crippen LogP contribution in [0, 0.1) is 12.8 Å². The Balaban J connectivity index is 1.75. The highest BCUT2D eigenvalue weighted by molar-refractivity contribution is 5.59. The minimum Gasteiger partial charge on any atom is -0.298 e. The Hall–Kier alpha value is -2.92. The van der Waals surface area contributed by atoms with E-state index in [0.717, 1.165) is 54.5 Å². The molecule has 0 bridgehead atoms. The lowest BCUT2D eigenvalue weighted by Gasteiger charge is -2.38. The van der Waals surface area contributed by atoms with E-state index in [1.165, 1.54) is 5.56 Å². The Bertz CT molecular complexity index is 1100. The summed E-state index contributed by atoms with van der Waals surface area (Å²) < 4.78 is 1.86. The zero-order valence-corrected chi connectivity index (χ0v) is 19.7. The van der Waals surface area contributed by atoms with E-state index in [9.17, 15) is 4.79 Å². The molecule has 0 saturated carbocycles. The van der Waals surface area contributed by atoms with Gasteiger partial charge in [-0.25, -0.2) is 4.98 Å². The Morgan fingerprint density at radius 2 is 1.69 bits per heavy atom. The number of anilines is 2. The van der Waals surface area contributed by atoms with E-state index in [-0.39, 0.29) is 5.56 Å². The molecule has 1 aliphatic rings. The number of hydrogen-bond acceptors (Lipinski definition) is 4. The number of fused-ring (bicyclic) bond motifs is 1. The molecule has 168 valence electrons. The smallest absolute Gasteiger partial charge is 0.259 e. The summed E-state index contributed by atoms with van der Waals surface area (Å²) in [6.45, 7) is 10.9. The molecule has 0 unspecified atom stereocenters. The predicted octanol–water partition coefficient (Wildman–Crippen LogP) is 5.12. The van der Waals surface area contributed by atoms with Crippen molar-refractivity contribution in [3.8, 4) is 0 Å². The Labute approximate surface area is 191 Å². The summed E-state index contributed by atoms with van der Waals surface area (Å²) in [4.78, 5) is 23.2. The van der Waals surface area contributed by atoms with Crippen molar-refractivity contribution in [2.24, 2.45) is 5.92 Å². The maximum absolute atomic E-state index is 13.7. The normalized spacial score (nSPS) is 14.1. The van der Waals surface area contributed by atoms with Gasteiger partial charge in [0.2, 0.25) is 5.95 Å². The number of rotatable bonds is 7. The second-order valence-corrected chi connectivity index (χ2v) is 9.18. The van der Waals surface area contributed by atoms with Crippen LogP contribution in [0.4, 0.5) is 11.6 Å². The van der Waals surface area contributed by atoms with E-state index in [4.69, 9.17) is 4.98 Å². The molecule has 0 amide bonds. The van der Waals surface area contributed by atoms with Crippen molar-refractivity contribution in [3.63, 3.8) is 0 Å². The fourth-order valence-electron chi connectivity index (χ4n) is 4.22. The molecule has 1 aliphatic heterocycles. The molecule has 0 spiro atoms. The van der Waals surface area contributed by atoms with Crippen LogP contribution in [0.15, 0.2) is 59.4 Å². The Morgan fingerprint density at radius 3 is 2.34 bits per heavy atom. The highest BCUT2D eigenvalue weighted by atomic mass is 16.1. The van der Waals surface area contributed by atoms with Crippen molar-refractivity contribution < 1.29 is 0 Å². The predicted molar refractivity (Wildman–Crippen MR) is 131 cm³/mol. The number of hydrogen-bond donors (Lipinski definition) is 0. The molecule has 1 aromatic heterocycles. The Kier molecular flexibility index (Phi) is 6.75. The lowest BCUT2D eigenvalue weighted by atomic mass is 10.1. The van der Waals surface area contributed by atoms with Crippen LogP contribution in [0.5, 0.6) is 0 Å². The molecule has 0 saturated heterocycles. The number of aryl methyl sites for hydroxylation is 2. The maximum atomic E-state index is 13.7. The van der Waals surface area contributed by atoms with E-state index in [1.54, 1.807) is 0 Å². The molecule has 3 aromatic rings. The van der Waals surface area contributed by atoms with Crippen LogP contribution in [0.25, 0.3) is 0 Å². The molecule has 0 radical (unpaired) electrons. The van der Waals surface area contributed by atoms with Crippen molar-refractivity contribution in [1.82, 2.24) is 14.5 Å². The first-order valence-electron chi connectivity index (χ1n) is 11.7. The van der Waals surface area contributed by atoms with Gasteiger partial charge in [-0.05, 0) is 48.9 Å². The van der Waals surface area contributed by atoms with Crippen molar-refractivity contribution in [2.45, 2.75) is 53.6 Å². The lowest BCUT2D eigenvalue weighted by molar-refractivity contribution is 0.188. The molecule has 0 atom stereocenters. The SMILES string of the molecule is CCc1ccc(N2CN(CCC(C)C)Cn3c2nc(C)c(Cc2ccccc2)c3=O)cc1. The van der Waals surface area contributed by atoms with Gasteiger partial charge >= 0.3 is 0 Å². The zero-order valence-electron chi connectivity index (χ0n) is 19.7. The number of aromatic nitrogens is 2. The highest BCUT2D eigenvalue weighted by Crippen LogP contribution is 2.28. The molecule has 2 aromatic carbocycles. The third-order valence-electron chi connectivity index (χ3n) is 6.28. The highest BCUT2D eigenvalue weighted by Gasteiger charge is 2.28. The van der Waals surface area contributed by atoms with Crippen molar-refractivity contribution in [2.75, 3.05) is 18.1 Å². The molecule has 5 nitrogen and oxygen atoms in total. The molecule has 0 N–H and O–H groups in total. The minimum atomic E-state index is 0.0702. The van der Waals surface area contributed by atoms with E-state index >= 15 is 0 Å². The summed E-state index contributed by atoms with van der Waals surface area (Å²) in [5.74, 6) is 1.37. The van der Waals surface area contributed by atoms with E-state index in [0.29, 0.717) is 19.0 Å². The fourth-order valence-corrected chi connectivity index (χ4v) is 4.22. The number of nitrogens with zero attached hydrogens (tertiary/aromatic N) is 4. The third-order valence-corrected chi connectivity index (χ3v) is 6.28. The van der Waals surface area contributed by atoms with Gasteiger partial charge in [-0.2, -0.15) is 0 Å². The molecular formula is C27H34N4O. The Morgan fingerprint density at radius 1 is 0.969 bits per heavy atom. The summed E-state index contributed by atoms with van der Waals surface area (Å²) in [5.41, 5.74) is 5.19. The maximum Gasteiger partial charge on any atom is 0.259 e. The fraction of sp³-hybridized carbons (Fsp3) is 0.407. The van der Waals surface area contributed by atoms with Gasteiger partial charge in [0.15, 0.2) is 0 Å². The lowest BCUT2D eigenvalue weighted by Crippen LogP contribution is -2.48. The number of benzene rings is 2. The van der Waals surface area contributed by atoms with Gasteiger partial charge in [0.25, 0.3) is 5.56 Å². The molecule has 0 aliphatic carbocycles. The summed E-state index contributed by atoms with van der Waals surface area (Å²) in [6.07, 6.45) is 2.72.